The van der Waals surface area contributed by atoms with Crippen molar-refractivity contribution in [2.24, 2.45) is 10.3 Å². The van der Waals surface area contributed by atoms with Crippen LogP contribution in [0.3, 0.4) is 0 Å². The fourth-order valence-electron chi connectivity index (χ4n) is 4.88. The molecule has 0 bridgehead atoms. The van der Waals surface area contributed by atoms with Crippen molar-refractivity contribution < 1.29 is 25.2 Å². The van der Waals surface area contributed by atoms with E-state index in [4.69, 9.17) is 18.6 Å². The van der Waals surface area contributed by atoms with Gasteiger partial charge in [0.05, 0.1) is 0 Å². The molecule has 0 aliphatic heterocycles. The summed E-state index contributed by atoms with van der Waals surface area (Å²) in [6, 6.07) is 13.7. The summed E-state index contributed by atoms with van der Waals surface area (Å²) in [6.07, 6.45) is 15.4. The molecule has 4 N–H and O–H groups in total. The third-order valence-corrected chi connectivity index (χ3v) is 8.91. The molecule has 42 heavy (non-hydrogen) atoms. The highest BCUT2D eigenvalue weighted by molar-refractivity contribution is 7.99. The number of allylic oxidation sites excluding steroid dienone is 2. The summed E-state index contributed by atoms with van der Waals surface area (Å²) in [6.45, 7) is 4.32. The molecule has 0 aliphatic carbocycles. The van der Waals surface area contributed by atoms with Gasteiger partial charge in [0.25, 0.3) is 0 Å². The predicted octanol–water partition coefficient (Wildman–Crippen LogP) is 7.61. The summed E-state index contributed by atoms with van der Waals surface area (Å²) in [5.74, 6) is 2.89. The van der Waals surface area contributed by atoms with Gasteiger partial charge in [-0.15, -0.1) is 0 Å². The van der Waals surface area contributed by atoms with Crippen LogP contribution < -0.4 is 18.6 Å². The number of hydrogen-bond donors (Lipinski definition) is 2. The van der Waals surface area contributed by atoms with Gasteiger partial charge in [-0.2, -0.15) is 38.9 Å². The molecule has 0 fully saturated rings. The highest BCUT2D eigenvalue weighted by atomic mass is 32.2. The normalized spacial score (nSPS) is 12.7. The van der Waals surface area contributed by atoms with Gasteiger partial charge in [-0.05, 0) is 90.1 Å². The van der Waals surface area contributed by atoms with Crippen LogP contribution in [0.15, 0.2) is 48.5 Å². The summed E-state index contributed by atoms with van der Waals surface area (Å²) >= 11 is 2.10. The van der Waals surface area contributed by atoms with Crippen LogP contribution in [0.4, 0.5) is 0 Å². The monoisotopic (exact) mass is 640 g/mol. The van der Waals surface area contributed by atoms with E-state index in [1.165, 1.54) is 69.3 Å². The fourth-order valence-corrected chi connectivity index (χ4v) is 6.65. The maximum Gasteiger partial charge on any atom is 0.380 e. The first-order valence-electron chi connectivity index (χ1n) is 15.0. The molecule has 0 spiro atoms. The van der Waals surface area contributed by atoms with Crippen molar-refractivity contribution in [3.05, 3.63) is 59.7 Å². The van der Waals surface area contributed by atoms with E-state index in [1.807, 2.05) is 24.3 Å². The molecule has 2 aromatic rings. The lowest BCUT2D eigenvalue weighted by Gasteiger charge is -2.17. The lowest BCUT2D eigenvalue weighted by atomic mass is 9.89. The Bertz CT molecular complexity index is 1290. The largest absolute Gasteiger partial charge is 0.380 e. The first-order valence-corrected chi connectivity index (χ1v) is 19.1. The maximum atomic E-state index is 11.3. The smallest absolute Gasteiger partial charge is 0.371 e. The molecule has 0 radical (unpaired) electrons. The van der Waals surface area contributed by atoms with Gasteiger partial charge in [0.2, 0.25) is 0 Å². The van der Waals surface area contributed by atoms with Gasteiger partial charge in [-0.3, -0.25) is 0 Å². The number of rotatable bonds is 22. The quantitative estimate of drug-likeness (QED) is 0.0997. The van der Waals surface area contributed by atoms with E-state index in [9.17, 15) is 16.8 Å². The van der Waals surface area contributed by atoms with Crippen molar-refractivity contribution in [2.45, 2.75) is 97.3 Å². The van der Waals surface area contributed by atoms with Crippen LogP contribution in [0.25, 0.3) is 11.1 Å². The Balaban J connectivity index is 2.00. The highest BCUT2D eigenvalue weighted by Crippen LogP contribution is 2.34. The van der Waals surface area contributed by atoms with Crippen LogP contribution in [-0.2, 0) is 20.6 Å². The van der Waals surface area contributed by atoms with Gasteiger partial charge in [0, 0.05) is 0 Å². The van der Waals surface area contributed by atoms with Gasteiger partial charge < -0.3 is 8.37 Å². The first kappa shape index (κ1) is 36.1. The molecular weight excluding hydrogens is 593 g/mol. The number of hydrogen-bond acceptors (Lipinski definition) is 7. The van der Waals surface area contributed by atoms with Crippen LogP contribution in [0, 0.1) is 0 Å². The van der Waals surface area contributed by atoms with E-state index >= 15 is 0 Å². The maximum absolute atomic E-state index is 11.3. The van der Waals surface area contributed by atoms with Crippen molar-refractivity contribution >= 4 is 43.5 Å². The summed E-state index contributed by atoms with van der Waals surface area (Å²) in [5, 5.41) is 10.0. The number of nitrogens with two attached hydrogens (primary N) is 2. The number of thioether (sulfide) groups is 1. The van der Waals surface area contributed by atoms with Crippen LogP contribution in [0.2, 0.25) is 0 Å². The van der Waals surface area contributed by atoms with Crippen LogP contribution in [0.5, 0.6) is 11.5 Å². The van der Waals surface area contributed by atoms with Crippen LogP contribution in [0.1, 0.15) is 108 Å². The minimum Gasteiger partial charge on any atom is -0.371 e. The molecule has 0 aromatic heterocycles. The van der Waals surface area contributed by atoms with E-state index < -0.39 is 20.6 Å². The minimum atomic E-state index is -4.10. The molecular formula is C31H48N2O6S3. The zero-order chi connectivity index (χ0) is 30.8. The molecule has 236 valence electrons. The third kappa shape index (κ3) is 15.4. The summed E-state index contributed by atoms with van der Waals surface area (Å²) in [7, 11) is -8.21. The van der Waals surface area contributed by atoms with E-state index in [1.54, 1.807) is 24.3 Å². The average molecular weight is 641 g/mol. The standard InChI is InChI=1S/C31H48N2O6S3/c1-3-5-13-24-40-25-14-11-9-7-6-8-10-12-15-31(27-18-22-29(23-19-27)39-42(33,36)37)30(4-2)26-16-20-28(21-17-26)38-41(32,34)35/h16-23H,3-15,24-25H2,1-2H3,(H2,32,34,35)(H2,33,36,37)/b31-30+. The number of benzene rings is 2. The summed E-state index contributed by atoms with van der Waals surface area (Å²) < 4.78 is 54.8. The lowest BCUT2D eigenvalue weighted by molar-refractivity contribution is 0.485. The van der Waals surface area contributed by atoms with E-state index in [0.29, 0.717) is 0 Å². The Morgan fingerprint density at radius 3 is 1.43 bits per heavy atom. The van der Waals surface area contributed by atoms with E-state index in [2.05, 4.69) is 25.6 Å². The second-order valence-electron chi connectivity index (χ2n) is 10.4. The molecule has 11 heteroatoms. The molecule has 0 amide bonds. The second kappa shape index (κ2) is 19.3. The molecule has 8 nitrogen and oxygen atoms in total. The van der Waals surface area contributed by atoms with Crippen molar-refractivity contribution in [3.8, 4) is 11.5 Å². The Kier molecular flexibility index (Phi) is 16.6. The van der Waals surface area contributed by atoms with Crippen LogP contribution in [-0.4, -0.2) is 28.3 Å². The molecule has 0 unspecified atom stereocenters. The van der Waals surface area contributed by atoms with Crippen molar-refractivity contribution in [1.29, 1.82) is 0 Å². The van der Waals surface area contributed by atoms with Gasteiger partial charge in [-0.1, -0.05) is 89.5 Å². The van der Waals surface area contributed by atoms with Crippen molar-refractivity contribution in [3.63, 3.8) is 0 Å². The average Bonchev–Trinajstić information content (AvgIpc) is 2.92. The zero-order valence-electron chi connectivity index (χ0n) is 25.1. The molecule has 2 aromatic carbocycles. The summed E-state index contributed by atoms with van der Waals surface area (Å²) in [4.78, 5) is 0. The predicted molar refractivity (Wildman–Crippen MR) is 176 cm³/mol. The van der Waals surface area contributed by atoms with Crippen molar-refractivity contribution in [2.75, 3.05) is 11.5 Å². The Labute approximate surface area is 258 Å². The van der Waals surface area contributed by atoms with Gasteiger partial charge in [0.1, 0.15) is 11.5 Å². The van der Waals surface area contributed by atoms with Gasteiger partial charge in [-0.25, -0.2) is 0 Å². The molecule has 0 heterocycles. The Morgan fingerprint density at radius 2 is 1.00 bits per heavy atom. The zero-order valence-corrected chi connectivity index (χ0v) is 27.5. The SMILES string of the molecule is CCCCCSCCCCCCCCCC/C(=C(/CC)c1ccc(OS(N)(=O)=O)cc1)c1ccc(OS(N)(=O)=O)cc1. The molecule has 0 saturated carbocycles. The number of unbranched alkanes of at least 4 members (excludes halogenated alkanes) is 9. The van der Waals surface area contributed by atoms with Crippen LogP contribution >= 0.6 is 11.8 Å². The lowest BCUT2D eigenvalue weighted by Crippen LogP contribution is -2.18. The third-order valence-electron chi connectivity index (χ3n) is 6.91. The Morgan fingerprint density at radius 1 is 0.595 bits per heavy atom. The summed E-state index contributed by atoms with van der Waals surface area (Å²) in [5.41, 5.74) is 4.18. The molecule has 0 atom stereocenters. The van der Waals surface area contributed by atoms with E-state index in [-0.39, 0.29) is 11.5 Å². The Hall–Kier alpha value is -2.05. The molecule has 2 rings (SSSR count). The first-order chi connectivity index (χ1) is 20.0. The minimum absolute atomic E-state index is 0.147. The van der Waals surface area contributed by atoms with Crippen molar-refractivity contribution in [1.82, 2.24) is 0 Å². The topological polar surface area (TPSA) is 139 Å². The van der Waals surface area contributed by atoms with Gasteiger partial charge in [0.15, 0.2) is 0 Å². The molecule has 0 aliphatic rings. The highest BCUT2D eigenvalue weighted by Gasteiger charge is 2.13. The second-order valence-corrected chi connectivity index (χ2v) is 13.9. The fraction of sp³-hybridized carbons (Fsp3) is 0.548. The van der Waals surface area contributed by atoms with E-state index in [0.717, 1.165) is 48.0 Å². The van der Waals surface area contributed by atoms with Gasteiger partial charge >= 0.3 is 20.6 Å². The molecule has 0 saturated heterocycles.